The summed E-state index contributed by atoms with van der Waals surface area (Å²) in [5, 5.41) is 3.41. The maximum atomic E-state index is 12.1. The second-order valence-corrected chi connectivity index (χ2v) is 6.15. The Balaban J connectivity index is 2.01. The summed E-state index contributed by atoms with van der Waals surface area (Å²) < 4.78 is 8.66. The largest absolute Gasteiger partial charge is 0.379 e. The molecule has 2 N–H and O–H groups in total. The third kappa shape index (κ3) is 2.78. The van der Waals surface area contributed by atoms with Crippen LogP contribution in [0.2, 0.25) is 0 Å². The van der Waals surface area contributed by atoms with Crippen molar-refractivity contribution >= 4 is 17.1 Å². The van der Waals surface area contributed by atoms with E-state index in [0.29, 0.717) is 17.1 Å². The van der Waals surface area contributed by atoms with E-state index in [4.69, 9.17) is 4.74 Å². The molecule has 1 aliphatic rings. The van der Waals surface area contributed by atoms with Gasteiger partial charge in [-0.15, -0.1) is 0 Å². The minimum Gasteiger partial charge on any atom is -0.379 e. The van der Waals surface area contributed by atoms with Crippen molar-refractivity contribution in [2.75, 3.05) is 12.4 Å². The van der Waals surface area contributed by atoms with Gasteiger partial charge in [0, 0.05) is 21.2 Å². The minimum atomic E-state index is -0.462. The second-order valence-electron chi connectivity index (χ2n) is 6.15. The van der Waals surface area contributed by atoms with Crippen molar-refractivity contribution in [2.45, 2.75) is 44.2 Å². The average molecular weight is 321 g/mol. The van der Waals surface area contributed by atoms with Gasteiger partial charge < -0.3 is 14.6 Å². The molecule has 1 fully saturated rings. The quantitative estimate of drug-likeness (QED) is 0.813. The molecule has 2 heterocycles. The highest BCUT2D eigenvalue weighted by Gasteiger charge is 2.25. The fourth-order valence-corrected chi connectivity index (χ4v) is 3.32. The number of hydrogen-bond donors (Lipinski definition) is 2. The molecule has 8 nitrogen and oxygen atoms in total. The molecule has 2 unspecified atom stereocenters. The molecule has 0 radical (unpaired) electrons. The normalized spacial score (nSPS) is 22.2. The molecule has 126 valence electrons. The Morgan fingerprint density at radius 3 is 2.65 bits per heavy atom. The van der Waals surface area contributed by atoms with Crippen molar-refractivity contribution in [3.8, 4) is 0 Å². The molecule has 2 aromatic heterocycles. The molecule has 23 heavy (non-hydrogen) atoms. The topological polar surface area (TPSA) is 93.9 Å². The number of nitrogens with one attached hydrogen (secondary N) is 2. The smallest absolute Gasteiger partial charge is 0.329 e. The van der Waals surface area contributed by atoms with E-state index in [2.05, 4.69) is 15.3 Å². The van der Waals surface area contributed by atoms with E-state index in [1.807, 2.05) is 0 Å². The number of H-pyrrole nitrogens is 1. The first kappa shape index (κ1) is 15.8. The van der Waals surface area contributed by atoms with Gasteiger partial charge in [0.1, 0.15) is 0 Å². The number of hydrogen-bond acceptors (Lipinski definition) is 5. The van der Waals surface area contributed by atoms with E-state index < -0.39 is 11.2 Å². The van der Waals surface area contributed by atoms with Gasteiger partial charge in [-0.25, -0.2) is 4.79 Å². The van der Waals surface area contributed by atoms with Gasteiger partial charge in [0.2, 0.25) is 5.95 Å². The van der Waals surface area contributed by atoms with Crippen LogP contribution in [0.4, 0.5) is 5.95 Å². The lowest BCUT2D eigenvalue weighted by atomic mass is 10.1. The van der Waals surface area contributed by atoms with Crippen LogP contribution in [-0.2, 0) is 18.8 Å². The number of fused-ring (bicyclic) bond motifs is 1. The molecule has 0 bridgehead atoms. The van der Waals surface area contributed by atoms with Gasteiger partial charge in [-0.05, 0) is 12.8 Å². The first-order chi connectivity index (χ1) is 11.0. The van der Waals surface area contributed by atoms with Crippen LogP contribution in [-0.4, -0.2) is 38.4 Å². The van der Waals surface area contributed by atoms with Crippen LogP contribution in [0.3, 0.4) is 0 Å². The Morgan fingerprint density at radius 1 is 1.17 bits per heavy atom. The summed E-state index contributed by atoms with van der Waals surface area (Å²) in [4.78, 5) is 30.6. The van der Waals surface area contributed by atoms with Crippen molar-refractivity contribution in [1.29, 1.82) is 0 Å². The fourth-order valence-electron chi connectivity index (χ4n) is 3.32. The average Bonchev–Trinajstić information content (AvgIpc) is 2.71. The number of anilines is 1. The van der Waals surface area contributed by atoms with Crippen molar-refractivity contribution in [1.82, 2.24) is 19.1 Å². The summed E-state index contributed by atoms with van der Waals surface area (Å²) in [5.74, 6) is 0.584. The number of rotatable bonds is 3. The molecule has 2 aromatic rings. The molecule has 3 rings (SSSR count). The van der Waals surface area contributed by atoms with Crippen molar-refractivity contribution < 1.29 is 4.74 Å². The second kappa shape index (κ2) is 6.19. The summed E-state index contributed by atoms with van der Waals surface area (Å²) in [7, 11) is 5.10. The highest BCUT2D eigenvalue weighted by Crippen LogP contribution is 2.24. The highest BCUT2D eigenvalue weighted by atomic mass is 16.5. The van der Waals surface area contributed by atoms with E-state index in [9.17, 15) is 9.59 Å². The zero-order valence-corrected chi connectivity index (χ0v) is 13.8. The monoisotopic (exact) mass is 321 g/mol. The molecule has 8 heteroatoms. The van der Waals surface area contributed by atoms with Crippen LogP contribution in [0, 0.1) is 0 Å². The molecule has 1 saturated carbocycles. The molecule has 0 aliphatic heterocycles. The first-order valence-corrected chi connectivity index (χ1v) is 7.98. The zero-order valence-electron chi connectivity index (χ0n) is 13.8. The Kier molecular flexibility index (Phi) is 4.25. The zero-order chi connectivity index (χ0) is 16.6. The SMILES string of the molecule is COC1CCCCCC1Nc1nc2c(c(=O)[nH]c(=O)n2C)n1C. The number of aromatic nitrogens is 4. The molecule has 0 amide bonds. The number of ether oxygens (including phenoxy) is 1. The third-order valence-electron chi connectivity index (χ3n) is 4.70. The van der Waals surface area contributed by atoms with E-state index in [1.54, 1.807) is 25.8 Å². The number of methoxy groups -OCH3 is 1. The third-order valence-corrected chi connectivity index (χ3v) is 4.70. The van der Waals surface area contributed by atoms with Gasteiger partial charge >= 0.3 is 5.69 Å². The predicted octanol–water partition coefficient (Wildman–Crippen LogP) is 0.720. The van der Waals surface area contributed by atoms with Gasteiger partial charge in [-0.2, -0.15) is 4.98 Å². The van der Waals surface area contributed by atoms with E-state index in [1.165, 1.54) is 11.0 Å². The van der Waals surface area contributed by atoms with Gasteiger partial charge in [-0.1, -0.05) is 19.3 Å². The van der Waals surface area contributed by atoms with Crippen LogP contribution in [0.25, 0.3) is 11.2 Å². The predicted molar refractivity (Wildman–Crippen MR) is 87.9 cm³/mol. The standard InChI is InChI=1S/C15H23N5O3/c1-19-11-12(20(2)15(22)18-13(11)21)17-14(19)16-9-7-5-4-6-8-10(9)23-3/h9-10H,4-8H2,1-3H3,(H,16,17)(H,18,21,22). The van der Waals surface area contributed by atoms with E-state index in [-0.39, 0.29) is 12.1 Å². The highest BCUT2D eigenvalue weighted by molar-refractivity contribution is 5.73. The molecule has 1 aliphatic carbocycles. The van der Waals surface area contributed by atoms with E-state index in [0.717, 1.165) is 25.7 Å². The summed E-state index contributed by atoms with van der Waals surface area (Å²) in [6.07, 6.45) is 5.64. The Hall–Kier alpha value is -2.09. The lowest BCUT2D eigenvalue weighted by Crippen LogP contribution is -2.35. The lowest BCUT2D eigenvalue weighted by molar-refractivity contribution is 0.0804. The first-order valence-electron chi connectivity index (χ1n) is 7.98. The molecule has 0 spiro atoms. The van der Waals surface area contributed by atoms with E-state index >= 15 is 0 Å². The summed E-state index contributed by atoms with van der Waals surface area (Å²) >= 11 is 0. The summed E-state index contributed by atoms with van der Waals surface area (Å²) in [6.45, 7) is 0. The lowest BCUT2D eigenvalue weighted by Gasteiger charge is -2.25. The maximum absolute atomic E-state index is 12.1. The van der Waals surface area contributed by atoms with Crippen LogP contribution in [0.5, 0.6) is 0 Å². The van der Waals surface area contributed by atoms with Crippen LogP contribution in [0.15, 0.2) is 9.59 Å². The molecular weight excluding hydrogens is 298 g/mol. The van der Waals surface area contributed by atoms with Gasteiger partial charge in [-0.3, -0.25) is 14.3 Å². The Bertz CT molecular complexity index is 819. The number of imidazole rings is 1. The van der Waals surface area contributed by atoms with Gasteiger partial charge in [0.25, 0.3) is 5.56 Å². The summed E-state index contributed by atoms with van der Waals surface area (Å²) in [6, 6.07) is 0.147. The minimum absolute atomic E-state index is 0.124. The van der Waals surface area contributed by atoms with Gasteiger partial charge in [0.15, 0.2) is 11.2 Å². The maximum Gasteiger partial charge on any atom is 0.329 e. The number of nitrogens with zero attached hydrogens (tertiary/aromatic N) is 3. The van der Waals surface area contributed by atoms with Crippen LogP contribution < -0.4 is 16.6 Å². The summed E-state index contributed by atoms with van der Waals surface area (Å²) in [5.41, 5.74) is -0.116. The fraction of sp³-hybridized carbons (Fsp3) is 0.667. The molecular formula is C15H23N5O3. The molecule has 0 saturated heterocycles. The van der Waals surface area contributed by atoms with Crippen molar-refractivity contribution in [3.63, 3.8) is 0 Å². The molecule has 0 aromatic carbocycles. The van der Waals surface area contributed by atoms with Crippen LogP contribution >= 0.6 is 0 Å². The Morgan fingerprint density at radius 2 is 1.91 bits per heavy atom. The number of aryl methyl sites for hydroxylation is 2. The van der Waals surface area contributed by atoms with Gasteiger partial charge in [0.05, 0.1) is 12.1 Å². The molecule has 2 atom stereocenters. The van der Waals surface area contributed by atoms with Crippen LogP contribution in [0.1, 0.15) is 32.1 Å². The number of aromatic amines is 1. The van der Waals surface area contributed by atoms with Crippen molar-refractivity contribution in [2.24, 2.45) is 14.1 Å². The van der Waals surface area contributed by atoms with Crippen molar-refractivity contribution in [3.05, 3.63) is 20.8 Å². The Labute approximate surface area is 133 Å².